The van der Waals surface area contributed by atoms with E-state index in [1.54, 1.807) is 12.1 Å². The van der Waals surface area contributed by atoms with Crippen molar-refractivity contribution in [2.45, 2.75) is 18.3 Å². The quantitative estimate of drug-likeness (QED) is 0.623. The summed E-state index contributed by atoms with van der Waals surface area (Å²) in [5, 5.41) is 0. The van der Waals surface area contributed by atoms with E-state index in [1.807, 2.05) is 30.3 Å². The zero-order valence-electron chi connectivity index (χ0n) is 12.4. The van der Waals surface area contributed by atoms with E-state index in [0.717, 1.165) is 5.56 Å². The second kappa shape index (κ2) is 6.91. The molecular formula is C19H17FO2. The summed E-state index contributed by atoms with van der Waals surface area (Å²) in [6.45, 7) is 0. The number of carbonyl (C=O) groups is 1. The highest BCUT2D eigenvalue weighted by Crippen LogP contribution is 2.33. The fourth-order valence-electron chi connectivity index (χ4n) is 2.61. The number of terminal acetylenes is 1. The van der Waals surface area contributed by atoms with Gasteiger partial charge in [0.25, 0.3) is 0 Å². The predicted molar refractivity (Wildman–Crippen MR) is 83.7 cm³/mol. The summed E-state index contributed by atoms with van der Waals surface area (Å²) in [7, 11) is 1.34. The average Bonchev–Trinajstić information content (AvgIpc) is 2.55. The Morgan fingerprint density at radius 1 is 1.18 bits per heavy atom. The molecule has 0 saturated heterocycles. The third-order valence-corrected chi connectivity index (χ3v) is 3.73. The molecule has 0 aliphatic carbocycles. The van der Waals surface area contributed by atoms with Crippen molar-refractivity contribution in [2.75, 3.05) is 7.11 Å². The monoisotopic (exact) mass is 296 g/mol. The smallest absolute Gasteiger partial charge is 0.317 e. The highest BCUT2D eigenvalue weighted by atomic mass is 19.1. The number of carbonyl (C=O) groups excluding carboxylic acids is 1. The van der Waals surface area contributed by atoms with Gasteiger partial charge in [-0.1, -0.05) is 42.5 Å². The Bertz CT molecular complexity index is 671. The van der Waals surface area contributed by atoms with E-state index in [9.17, 15) is 9.18 Å². The van der Waals surface area contributed by atoms with Crippen LogP contribution in [0.4, 0.5) is 4.39 Å². The Morgan fingerprint density at radius 3 is 2.36 bits per heavy atom. The molecule has 3 heteroatoms. The molecule has 0 saturated carbocycles. The maximum Gasteiger partial charge on any atom is 0.317 e. The van der Waals surface area contributed by atoms with Gasteiger partial charge in [-0.25, -0.2) is 4.39 Å². The van der Waals surface area contributed by atoms with Crippen molar-refractivity contribution in [1.29, 1.82) is 0 Å². The number of rotatable bonds is 5. The number of hydrogen-bond donors (Lipinski definition) is 0. The zero-order valence-corrected chi connectivity index (χ0v) is 12.4. The number of hydrogen-bond acceptors (Lipinski definition) is 2. The molecular weight excluding hydrogens is 279 g/mol. The molecule has 2 aromatic carbocycles. The lowest BCUT2D eigenvalue weighted by Crippen LogP contribution is -2.39. The fourth-order valence-corrected chi connectivity index (χ4v) is 2.61. The molecule has 2 rings (SSSR count). The zero-order chi connectivity index (χ0) is 16.0. The molecule has 0 amide bonds. The first kappa shape index (κ1) is 15.8. The maximum absolute atomic E-state index is 13.2. The van der Waals surface area contributed by atoms with Gasteiger partial charge >= 0.3 is 5.97 Å². The summed E-state index contributed by atoms with van der Waals surface area (Å²) in [6.07, 6.45) is 6.08. The van der Waals surface area contributed by atoms with Crippen LogP contribution in [0.2, 0.25) is 0 Å². The third-order valence-electron chi connectivity index (χ3n) is 3.73. The van der Waals surface area contributed by atoms with Gasteiger partial charge in [-0.15, -0.1) is 12.3 Å². The average molecular weight is 296 g/mol. The van der Waals surface area contributed by atoms with E-state index in [1.165, 1.54) is 19.2 Å². The van der Waals surface area contributed by atoms with Crippen molar-refractivity contribution in [2.24, 2.45) is 0 Å². The van der Waals surface area contributed by atoms with Crippen molar-refractivity contribution in [3.63, 3.8) is 0 Å². The Morgan fingerprint density at radius 2 is 1.82 bits per heavy atom. The van der Waals surface area contributed by atoms with Gasteiger partial charge < -0.3 is 4.74 Å². The molecule has 2 nitrogen and oxygen atoms in total. The van der Waals surface area contributed by atoms with Gasteiger partial charge in [-0.05, 0) is 29.7 Å². The summed E-state index contributed by atoms with van der Waals surface area (Å²) in [5.74, 6) is 1.79. The van der Waals surface area contributed by atoms with Gasteiger partial charge in [-0.3, -0.25) is 4.79 Å². The SMILES string of the molecule is C#CC[C@](Cc1ccccc1)(C(=O)OC)c1ccc(F)cc1. The summed E-state index contributed by atoms with van der Waals surface area (Å²) in [4.78, 5) is 12.5. The molecule has 0 aromatic heterocycles. The summed E-state index contributed by atoms with van der Waals surface area (Å²) >= 11 is 0. The lowest BCUT2D eigenvalue weighted by molar-refractivity contribution is -0.147. The molecule has 0 N–H and O–H groups in total. The van der Waals surface area contributed by atoms with Gasteiger partial charge in [0.05, 0.1) is 7.11 Å². The van der Waals surface area contributed by atoms with Crippen LogP contribution in [0, 0.1) is 18.2 Å². The van der Waals surface area contributed by atoms with E-state index in [4.69, 9.17) is 11.2 Å². The molecule has 0 fully saturated rings. The molecule has 0 unspecified atom stereocenters. The number of benzene rings is 2. The highest BCUT2D eigenvalue weighted by Gasteiger charge is 2.41. The van der Waals surface area contributed by atoms with E-state index >= 15 is 0 Å². The minimum atomic E-state index is -1.02. The minimum absolute atomic E-state index is 0.181. The van der Waals surface area contributed by atoms with Crippen molar-refractivity contribution in [3.8, 4) is 12.3 Å². The molecule has 0 radical (unpaired) electrons. The number of halogens is 1. The van der Waals surface area contributed by atoms with Crippen LogP contribution in [0.3, 0.4) is 0 Å². The first-order valence-electron chi connectivity index (χ1n) is 6.94. The van der Waals surface area contributed by atoms with Crippen LogP contribution in [-0.4, -0.2) is 13.1 Å². The first-order chi connectivity index (χ1) is 10.6. The molecule has 0 aliphatic rings. The molecule has 0 heterocycles. The summed E-state index contributed by atoms with van der Waals surface area (Å²) < 4.78 is 18.2. The summed E-state index contributed by atoms with van der Waals surface area (Å²) in [6, 6.07) is 15.4. The molecule has 22 heavy (non-hydrogen) atoms. The van der Waals surface area contributed by atoms with E-state index in [0.29, 0.717) is 12.0 Å². The normalized spacial score (nSPS) is 13.0. The van der Waals surface area contributed by atoms with Gasteiger partial charge in [0.15, 0.2) is 0 Å². The van der Waals surface area contributed by atoms with Crippen LogP contribution in [0.5, 0.6) is 0 Å². The van der Waals surface area contributed by atoms with Gasteiger partial charge in [0, 0.05) is 6.42 Å². The maximum atomic E-state index is 13.2. The predicted octanol–water partition coefficient (Wildman–Crippen LogP) is 3.50. The van der Waals surface area contributed by atoms with Crippen molar-refractivity contribution < 1.29 is 13.9 Å². The molecule has 0 spiro atoms. The topological polar surface area (TPSA) is 26.3 Å². The Labute approximate surface area is 129 Å². The van der Waals surface area contributed by atoms with E-state index < -0.39 is 11.4 Å². The second-order valence-electron chi connectivity index (χ2n) is 5.12. The molecule has 1 atom stereocenters. The largest absolute Gasteiger partial charge is 0.468 e. The van der Waals surface area contributed by atoms with Crippen LogP contribution in [0.25, 0.3) is 0 Å². The fraction of sp³-hybridized carbons (Fsp3) is 0.211. The van der Waals surface area contributed by atoms with Crippen LogP contribution in [0.1, 0.15) is 17.5 Å². The lowest BCUT2D eigenvalue weighted by Gasteiger charge is -2.30. The number of methoxy groups -OCH3 is 1. The van der Waals surface area contributed by atoms with Crippen molar-refractivity contribution >= 4 is 5.97 Å². The second-order valence-corrected chi connectivity index (χ2v) is 5.12. The minimum Gasteiger partial charge on any atom is -0.468 e. The summed E-state index contributed by atoms with van der Waals surface area (Å²) in [5.41, 5.74) is 0.605. The van der Waals surface area contributed by atoms with E-state index in [-0.39, 0.29) is 12.2 Å². The van der Waals surface area contributed by atoms with Crippen molar-refractivity contribution in [1.82, 2.24) is 0 Å². The van der Waals surface area contributed by atoms with Crippen molar-refractivity contribution in [3.05, 3.63) is 71.5 Å². The molecule has 0 bridgehead atoms. The Balaban J connectivity index is 2.53. The number of esters is 1. The highest BCUT2D eigenvalue weighted by molar-refractivity contribution is 5.84. The van der Waals surface area contributed by atoms with E-state index in [2.05, 4.69) is 5.92 Å². The molecule has 112 valence electrons. The molecule has 2 aromatic rings. The van der Waals surface area contributed by atoms with Gasteiger partial charge in [-0.2, -0.15) is 0 Å². The number of ether oxygens (including phenoxy) is 1. The van der Waals surface area contributed by atoms with Crippen LogP contribution >= 0.6 is 0 Å². The van der Waals surface area contributed by atoms with Crippen LogP contribution < -0.4 is 0 Å². The van der Waals surface area contributed by atoms with Crippen LogP contribution in [0.15, 0.2) is 54.6 Å². The standard InChI is InChI=1S/C19H17FO2/c1-3-13-19(18(21)22-2,14-15-7-5-4-6-8-15)16-9-11-17(20)12-10-16/h1,4-12H,13-14H2,2H3/t19-/m1/s1. The Hall–Kier alpha value is -2.60. The first-order valence-corrected chi connectivity index (χ1v) is 6.94. The van der Waals surface area contributed by atoms with Crippen LogP contribution in [-0.2, 0) is 21.4 Å². The molecule has 0 aliphatic heterocycles. The Kier molecular flexibility index (Phi) is 4.95. The lowest BCUT2D eigenvalue weighted by atomic mass is 9.73. The van der Waals surface area contributed by atoms with Gasteiger partial charge in [0.1, 0.15) is 11.2 Å². The van der Waals surface area contributed by atoms with Gasteiger partial charge in [0.2, 0.25) is 0 Å². The third kappa shape index (κ3) is 3.17.